The van der Waals surface area contributed by atoms with Gasteiger partial charge in [0, 0.05) is 5.41 Å². The maximum absolute atomic E-state index is 2.49. The summed E-state index contributed by atoms with van der Waals surface area (Å²) in [5.41, 5.74) is 10.6. The molecule has 0 atom stereocenters. The van der Waals surface area contributed by atoms with Crippen molar-refractivity contribution in [2.75, 3.05) is 0 Å². The van der Waals surface area contributed by atoms with Gasteiger partial charge >= 0.3 is 0 Å². The molecule has 1 aliphatic carbocycles. The molecule has 0 N–H and O–H groups in total. The predicted octanol–water partition coefficient (Wildman–Crippen LogP) is 11.9. The molecular formula is C43H30. The predicted molar refractivity (Wildman–Crippen MR) is 185 cm³/mol. The molecule has 0 radical (unpaired) electrons. The SMILES string of the molecule is CC1(C)c2ccc(-c3c4ccccc4c(-c4ccccc4)c4ccccc34)cc2-c2c1c1ccccc1c1ccccc21. The van der Waals surface area contributed by atoms with E-state index >= 15 is 0 Å². The van der Waals surface area contributed by atoms with Crippen LogP contribution >= 0.6 is 0 Å². The molecule has 8 aromatic rings. The Balaban J connectivity index is 1.40. The third-order valence-electron chi connectivity index (χ3n) is 9.80. The minimum Gasteiger partial charge on any atom is -0.0622 e. The van der Waals surface area contributed by atoms with E-state index in [2.05, 4.69) is 159 Å². The van der Waals surface area contributed by atoms with Crippen LogP contribution in [0.2, 0.25) is 0 Å². The van der Waals surface area contributed by atoms with Gasteiger partial charge in [0.2, 0.25) is 0 Å². The quantitative estimate of drug-likeness (QED) is 0.149. The highest BCUT2D eigenvalue weighted by molar-refractivity contribution is 6.22. The molecule has 0 heteroatoms. The summed E-state index contributed by atoms with van der Waals surface area (Å²) in [4.78, 5) is 0. The van der Waals surface area contributed by atoms with Crippen molar-refractivity contribution in [3.8, 4) is 33.4 Å². The number of rotatable bonds is 2. The Morgan fingerprint density at radius 3 is 1.33 bits per heavy atom. The molecule has 0 bridgehead atoms. The minimum absolute atomic E-state index is 0.103. The molecule has 8 aromatic carbocycles. The minimum atomic E-state index is -0.103. The summed E-state index contributed by atoms with van der Waals surface area (Å²) in [7, 11) is 0. The van der Waals surface area contributed by atoms with E-state index in [1.54, 1.807) is 0 Å². The first kappa shape index (κ1) is 24.4. The Morgan fingerprint density at radius 1 is 0.349 bits per heavy atom. The summed E-state index contributed by atoms with van der Waals surface area (Å²) in [6.45, 7) is 4.80. The molecule has 0 spiro atoms. The largest absolute Gasteiger partial charge is 0.0622 e. The van der Waals surface area contributed by atoms with Crippen molar-refractivity contribution in [3.05, 3.63) is 157 Å². The van der Waals surface area contributed by atoms with Crippen molar-refractivity contribution in [2.24, 2.45) is 0 Å². The first-order chi connectivity index (χ1) is 21.1. The van der Waals surface area contributed by atoms with Gasteiger partial charge < -0.3 is 0 Å². The molecule has 1 aliphatic rings. The van der Waals surface area contributed by atoms with Crippen LogP contribution in [0.4, 0.5) is 0 Å². The molecule has 0 saturated carbocycles. The summed E-state index contributed by atoms with van der Waals surface area (Å²) >= 11 is 0. The zero-order chi connectivity index (χ0) is 28.7. The van der Waals surface area contributed by atoms with E-state index in [1.165, 1.54) is 87.6 Å². The molecule has 0 fully saturated rings. The standard InChI is InChI=1S/C43H30/c1-43(2)38-25-24-28(26-37(38)41-31-18-8-6-16-29(31)30-17-7-13-23-36(30)42(41)43)40-34-21-11-9-19-32(34)39(27-14-4-3-5-15-27)33-20-10-12-22-35(33)40/h3-26H,1-2H3. The molecule has 202 valence electrons. The Morgan fingerprint density at radius 2 is 0.767 bits per heavy atom. The van der Waals surface area contributed by atoms with Gasteiger partial charge in [-0.05, 0) is 93.7 Å². The fraction of sp³-hybridized carbons (Fsp3) is 0.0698. The van der Waals surface area contributed by atoms with E-state index in [1.807, 2.05) is 0 Å². The van der Waals surface area contributed by atoms with E-state index in [-0.39, 0.29) is 5.41 Å². The topological polar surface area (TPSA) is 0 Å². The Kier molecular flexibility index (Phi) is 5.05. The molecule has 0 unspecified atom stereocenters. The van der Waals surface area contributed by atoms with Crippen molar-refractivity contribution in [1.82, 2.24) is 0 Å². The average molecular weight is 547 g/mol. The third-order valence-corrected chi connectivity index (χ3v) is 9.80. The molecule has 0 nitrogen and oxygen atoms in total. The van der Waals surface area contributed by atoms with Gasteiger partial charge in [-0.1, -0.05) is 153 Å². The first-order valence-electron chi connectivity index (χ1n) is 15.2. The lowest BCUT2D eigenvalue weighted by atomic mass is 9.79. The lowest BCUT2D eigenvalue weighted by molar-refractivity contribution is 0.666. The van der Waals surface area contributed by atoms with Gasteiger partial charge in [-0.2, -0.15) is 0 Å². The van der Waals surface area contributed by atoms with Crippen LogP contribution in [0.1, 0.15) is 25.0 Å². The van der Waals surface area contributed by atoms with Crippen LogP contribution < -0.4 is 0 Å². The van der Waals surface area contributed by atoms with Gasteiger partial charge in [-0.25, -0.2) is 0 Å². The summed E-state index contributed by atoms with van der Waals surface area (Å²) in [5.74, 6) is 0. The second-order valence-corrected chi connectivity index (χ2v) is 12.4. The normalized spacial score (nSPS) is 13.5. The van der Waals surface area contributed by atoms with Crippen LogP contribution in [0.15, 0.2) is 146 Å². The van der Waals surface area contributed by atoms with Crippen molar-refractivity contribution >= 4 is 43.1 Å². The van der Waals surface area contributed by atoms with Gasteiger partial charge in [0.1, 0.15) is 0 Å². The number of hydrogen-bond donors (Lipinski definition) is 0. The van der Waals surface area contributed by atoms with Crippen molar-refractivity contribution in [3.63, 3.8) is 0 Å². The highest BCUT2D eigenvalue weighted by atomic mass is 14.4. The molecule has 0 aliphatic heterocycles. The second kappa shape index (κ2) is 8.90. The Labute approximate surface area is 251 Å². The van der Waals surface area contributed by atoms with Crippen LogP contribution in [0, 0.1) is 0 Å². The third kappa shape index (κ3) is 3.32. The van der Waals surface area contributed by atoms with Gasteiger partial charge in [0.05, 0.1) is 0 Å². The number of fused-ring (bicyclic) bond motifs is 10. The Hall–Kier alpha value is -5.20. The van der Waals surface area contributed by atoms with Crippen LogP contribution in [-0.2, 0) is 5.41 Å². The van der Waals surface area contributed by atoms with Crippen LogP contribution in [0.25, 0.3) is 76.5 Å². The first-order valence-corrected chi connectivity index (χ1v) is 15.2. The van der Waals surface area contributed by atoms with Crippen LogP contribution in [-0.4, -0.2) is 0 Å². The molecule has 43 heavy (non-hydrogen) atoms. The summed E-state index contributed by atoms with van der Waals surface area (Å²) < 4.78 is 0. The van der Waals surface area contributed by atoms with Crippen LogP contribution in [0.5, 0.6) is 0 Å². The van der Waals surface area contributed by atoms with E-state index in [0.29, 0.717) is 0 Å². The summed E-state index contributed by atoms with van der Waals surface area (Å²) in [6, 6.07) is 53.9. The van der Waals surface area contributed by atoms with Gasteiger partial charge in [-0.15, -0.1) is 0 Å². The fourth-order valence-electron chi connectivity index (χ4n) is 8.01. The molecule has 0 heterocycles. The smallest absolute Gasteiger partial charge is 0.0165 e. The lowest BCUT2D eigenvalue weighted by Gasteiger charge is -2.24. The molecule has 0 saturated heterocycles. The molecular weight excluding hydrogens is 516 g/mol. The lowest BCUT2D eigenvalue weighted by Crippen LogP contribution is -2.15. The van der Waals surface area contributed by atoms with Gasteiger partial charge in [-0.3, -0.25) is 0 Å². The summed E-state index contributed by atoms with van der Waals surface area (Å²) in [6.07, 6.45) is 0. The fourth-order valence-corrected chi connectivity index (χ4v) is 8.01. The molecule has 0 amide bonds. The second-order valence-electron chi connectivity index (χ2n) is 12.4. The van der Waals surface area contributed by atoms with Crippen LogP contribution in [0.3, 0.4) is 0 Å². The zero-order valence-corrected chi connectivity index (χ0v) is 24.4. The van der Waals surface area contributed by atoms with E-state index in [4.69, 9.17) is 0 Å². The van der Waals surface area contributed by atoms with E-state index in [0.717, 1.165) is 0 Å². The highest BCUT2D eigenvalue weighted by Crippen LogP contribution is 2.55. The highest BCUT2D eigenvalue weighted by Gasteiger charge is 2.38. The van der Waals surface area contributed by atoms with Gasteiger partial charge in [0.25, 0.3) is 0 Å². The Bertz CT molecular complexity index is 2350. The zero-order valence-electron chi connectivity index (χ0n) is 24.4. The maximum Gasteiger partial charge on any atom is 0.0165 e. The number of hydrogen-bond acceptors (Lipinski definition) is 0. The summed E-state index contributed by atoms with van der Waals surface area (Å²) in [5, 5.41) is 10.5. The van der Waals surface area contributed by atoms with Crippen molar-refractivity contribution < 1.29 is 0 Å². The molecule has 0 aromatic heterocycles. The average Bonchev–Trinajstić information content (AvgIpc) is 3.30. The van der Waals surface area contributed by atoms with E-state index in [9.17, 15) is 0 Å². The maximum atomic E-state index is 2.49. The van der Waals surface area contributed by atoms with E-state index < -0.39 is 0 Å². The molecule has 9 rings (SSSR count). The van der Waals surface area contributed by atoms with Crippen molar-refractivity contribution in [2.45, 2.75) is 19.3 Å². The number of benzene rings is 8. The monoisotopic (exact) mass is 546 g/mol. The van der Waals surface area contributed by atoms with Gasteiger partial charge in [0.15, 0.2) is 0 Å². The van der Waals surface area contributed by atoms with Crippen molar-refractivity contribution in [1.29, 1.82) is 0 Å².